The Morgan fingerprint density at radius 2 is 2.19 bits per heavy atom. The minimum absolute atomic E-state index is 0.0439. The summed E-state index contributed by atoms with van der Waals surface area (Å²) in [4.78, 5) is 13.9. The molecule has 0 fully saturated rings. The molecule has 2 rings (SSSR count). The van der Waals surface area contributed by atoms with Crippen molar-refractivity contribution in [1.82, 2.24) is 10.1 Å². The molecule has 0 spiro atoms. The smallest absolute Gasteiger partial charge is 0.271 e. The van der Waals surface area contributed by atoms with Crippen molar-refractivity contribution < 1.29 is 9.45 Å². The van der Waals surface area contributed by atoms with Gasteiger partial charge in [0.2, 0.25) is 0 Å². The van der Waals surface area contributed by atoms with Crippen LogP contribution in [0.25, 0.3) is 11.5 Å². The summed E-state index contributed by atoms with van der Waals surface area (Å²) in [5.41, 5.74) is 0.360. The number of rotatable bonds is 2. The Labute approximate surface area is 102 Å². The Hall–Kier alpha value is -1.47. The fraction of sp³-hybridized carbons (Fsp3) is 0. The Morgan fingerprint density at radius 3 is 2.75 bits per heavy atom. The van der Waals surface area contributed by atoms with Gasteiger partial charge in [0.1, 0.15) is 0 Å². The number of nitro groups is 1. The number of benzene rings is 1. The van der Waals surface area contributed by atoms with E-state index in [0.717, 1.165) is 0 Å². The van der Waals surface area contributed by atoms with Crippen molar-refractivity contribution in [1.29, 1.82) is 0 Å². The molecule has 2 aromatic rings. The molecule has 0 amide bonds. The highest BCUT2D eigenvalue weighted by molar-refractivity contribution is 9.10. The van der Waals surface area contributed by atoms with Gasteiger partial charge in [0.25, 0.3) is 16.9 Å². The van der Waals surface area contributed by atoms with Crippen molar-refractivity contribution in [3.05, 3.63) is 38.1 Å². The van der Waals surface area contributed by atoms with Crippen LogP contribution in [0.2, 0.25) is 5.28 Å². The molecule has 0 radical (unpaired) electrons. The summed E-state index contributed by atoms with van der Waals surface area (Å²) >= 11 is 8.65. The molecule has 0 unspecified atom stereocenters. The van der Waals surface area contributed by atoms with Crippen LogP contribution >= 0.6 is 27.5 Å². The van der Waals surface area contributed by atoms with Gasteiger partial charge in [0, 0.05) is 22.2 Å². The third-order valence-corrected chi connectivity index (χ3v) is 2.35. The normalized spacial score (nSPS) is 10.4. The van der Waals surface area contributed by atoms with Crippen LogP contribution in [0.3, 0.4) is 0 Å². The maximum atomic E-state index is 10.6. The average Bonchev–Trinajstić information content (AvgIpc) is 2.64. The molecule has 0 atom stereocenters. The van der Waals surface area contributed by atoms with Crippen molar-refractivity contribution in [2.24, 2.45) is 0 Å². The number of nitrogens with zero attached hydrogens (tertiary/aromatic N) is 3. The van der Waals surface area contributed by atoms with E-state index in [1.807, 2.05) is 0 Å². The van der Waals surface area contributed by atoms with E-state index in [0.29, 0.717) is 10.0 Å². The van der Waals surface area contributed by atoms with Gasteiger partial charge in [-0.05, 0) is 22.8 Å². The lowest BCUT2D eigenvalue weighted by Gasteiger charge is -1.96. The summed E-state index contributed by atoms with van der Waals surface area (Å²) in [5, 5.41) is 14.0. The highest BCUT2D eigenvalue weighted by atomic mass is 79.9. The molecule has 0 aliphatic heterocycles. The minimum Gasteiger partial charge on any atom is -0.333 e. The molecule has 6 nitrogen and oxygen atoms in total. The number of hydrogen-bond donors (Lipinski definition) is 0. The maximum absolute atomic E-state index is 10.6. The Bertz CT molecular complexity index is 557. The number of aromatic nitrogens is 2. The summed E-state index contributed by atoms with van der Waals surface area (Å²) in [7, 11) is 0. The predicted molar refractivity (Wildman–Crippen MR) is 59.1 cm³/mol. The van der Waals surface area contributed by atoms with Gasteiger partial charge in [-0.2, -0.15) is 4.98 Å². The Morgan fingerprint density at radius 1 is 1.44 bits per heavy atom. The van der Waals surface area contributed by atoms with Gasteiger partial charge < -0.3 is 4.52 Å². The lowest BCUT2D eigenvalue weighted by molar-refractivity contribution is -0.384. The molecule has 1 heterocycles. The molecule has 0 aliphatic carbocycles. The van der Waals surface area contributed by atoms with E-state index in [-0.39, 0.29) is 16.9 Å². The van der Waals surface area contributed by atoms with Gasteiger partial charge in [-0.25, -0.2) is 0 Å². The van der Waals surface area contributed by atoms with E-state index in [4.69, 9.17) is 16.1 Å². The van der Waals surface area contributed by atoms with Crippen LogP contribution in [-0.2, 0) is 0 Å². The zero-order valence-corrected chi connectivity index (χ0v) is 9.90. The fourth-order valence-corrected chi connectivity index (χ4v) is 1.72. The van der Waals surface area contributed by atoms with Crippen LogP contribution in [0.4, 0.5) is 5.69 Å². The lowest BCUT2D eigenvalue weighted by atomic mass is 10.2. The summed E-state index contributed by atoms with van der Waals surface area (Å²) < 4.78 is 5.35. The third-order valence-electron chi connectivity index (χ3n) is 1.74. The zero-order valence-electron chi connectivity index (χ0n) is 7.55. The SMILES string of the molecule is O=[N+]([O-])c1cc(Br)cc(-c2nc(Cl)no2)c1. The molecular formula is C8H3BrClN3O3. The second kappa shape index (κ2) is 4.18. The van der Waals surface area contributed by atoms with E-state index in [9.17, 15) is 10.1 Å². The molecule has 0 saturated heterocycles. The van der Waals surface area contributed by atoms with Crippen LogP contribution in [-0.4, -0.2) is 15.1 Å². The summed E-state index contributed by atoms with van der Waals surface area (Å²) in [6, 6.07) is 4.33. The van der Waals surface area contributed by atoms with Crippen LogP contribution < -0.4 is 0 Å². The molecule has 1 aromatic carbocycles. The van der Waals surface area contributed by atoms with Gasteiger partial charge in [-0.3, -0.25) is 10.1 Å². The maximum Gasteiger partial charge on any atom is 0.271 e. The van der Waals surface area contributed by atoms with Crippen molar-refractivity contribution >= 4 is 33.2 Å². The van der Waals surface area contributed by atoms with Crippen molar-refractivity contribution in [2.75, 3.05) is 0 Å². The second-order valence-corrected chi connectivity index (χ2v) is 4.08. The predicted octanol–water partition coefficient (Wildman–Crippen LogP) is 3.06. The molecule has 16 heavy (non-hydrogen) atoms. The summed E-state index contributed by atoms with van der Waals surface area (Å²) in [6.45, 7) is 0. The van der Waals surface area contributed by atoms with Gasteiger partial charge >= 0.3 is 0 Å². The van der Waals surface area contributed by atoms with E-state index >= 15 is 0 Å². The minimum atomic E-state index is -0.508. The standard InChI is InChI=1S/C8H3BrClN3O3/c9-5-1-4(2-6(3-5)13(14)15)7-11-8(10)12-16-7/h1-3H. The first-order valence-corrected chi connectivity index (χ1v) is 5.18. The highest BCUT2D eigenvalue weighted by Crippen LogP contribution is 2.27. The fourth-order valence-electron chi connectivity index (χ4n) is 1.13. The zero-order chi connectivity index (χ0) is 11.7. The molecule has 0 bridgehead atoms. The van der Waals surface area contributed by atoms with E-state index in [1.165, 1.54) is 12.1 Å². The van der Waals surface area contributed by atoms with Gasteiger partial charge in [0.15, 0.2) is 0 Å². The van der Waals surface area contributed by atoms with Crippen LogP contribution in [0, 0.1) is 10.1 Å². The summed E-state index contributed by atoms with van der Waals surface area (Å²) in [6.07, 6.45) is 0. The van der Waals surface area contributed by atoms with E-state index in [2.05, 4.69) is 26.1 Å². The monoisotopic (exact) mass is 303 g/mol. The van der Waals surface area contributed by atoms with Crippen LogP contribution in [0.1, 0.15) is 0 Å². The van der Waals surface area contributed by atoms with E-state index in [1.54, 1.807) is 6.07 Å². The van der Waals surface area contributed by atoms with Crippen molar-refractivity contribution in [3.8, 4) is 11.5 Å². The number of halogens is 2. The van der Waals surface area contributed by atoms with Gasteiger partial charge in [-0.15, -0.1) is 0 Å². The van der Waals surface area contributed by atoms with Crippen molar-refractivity contribution in [2.45, 2.75) is 0 Å². The first-order valence-electron chi connectivity index (χ1n) is 4.01. The largest absolute Gasteiger partial charge is 0.333 e. The topological polar surface area (TPSA) is 82.1 Å². The quantitative estimate of drug-likeness (QED) is 0.629. The third kappa shape index (κ3) is 2.20. The molecule has 82 valence electrons. The molecule has 0 N–H and O–H groups in total. The van der Waals surface area contributed by atoms with Crippen LogP contribution in [0.5, 0.6) is 0 Å². The van der Waals surface area contributed by atoms with Gasteiger partial charge in [0.05, 0.1) is 4.92 Å². The molecule has 0 saturated carbocycles. The number of nitro benzene ring substituents is 1. The first kappa shape index (κ1) is 11.0. The molecule has 1 aromatic heterocycles. The number of hydrogen-bond acceptors (Lipinski definition) is 5. The van der Waals surface area contributed by atoms with E-state index < -0.39 is 4.92 Å². The van der Waals surface area contributed by atoms with Gasteiger partial charge in [-0.1, -0.05) is 15.9 Å². The number of non-ortho nitro benzene ring substituents is 1. The first-order chi connectivity index (χ1) is 7.56. The lowest BCUT2D eigenvalue weighted by Crippen LogP contribution is -1.89. The molecule has 8 heteroatoms. The highest BCUT2D eigenvalue weighted by Gasteiger charge is 2.14. The second-order valence-electron chi connectivity index (χ2n) is 2.82. The Balaban J connectivity index is 2.53. The van der Waals surface area contributed by atoms with Crippen LogP contribution in [0.15, 0.2) is 27.2 Å². The summed E-state index contributed by atoms with van der Waals surface area (Å²) in [5.74, 6) is 0.134. The molecule has 0 aliphatic rings. The average molecular weight is 304 g/mol. The van der Waals surface area contributed by atoms with Crippen molar-refractivity contribution in [3.63, 3.8) is 0 Å². The molecular weight excluding hydrogens is 301 g/mol. The Kier molecular flexibility index (Phi) is 2.88.